The van der Waals surface area contributed by atoms with Crippen LogP contribution in [-0.2, 0) is 0 Å². The normalized spacial score (nSPS) is 16.6. The number of piperazine rings is 1. The zero-order chi connectivity index (χ0) is 17.8. The molecule has 6 nitrogen and oxygen atoms in total. The summed E-state index contributed by atoms with van der Waals surface area (Å²) in [4.78, 5) is 21.1. The summed E-state index contributed by atoms with van der Waals surface area (Å²) < 4.78 is 1.90. The molecule has 3 heterocycles. The highest BCUT2D eigenvalue weighted by Crippen LogP contribution is 2.15. The molecule has 1 saturated heterocycles. The van der Waals surface area contributed by atoms with Crippen LogP contribution in [0.4, 0.5) is 0 Å². The van der Waals surface area contributed by atoms with Gasteiger partial charge in [0, 0.05) is 44.8 Å². The standard InChI is InChI=1S/C19H23N5O/c1-15(2)17(13-20)22-9-11-24(12-10-22)19(25)16-5-6-18(21-14-16)23-7-3-4-8-23/h3-8,14-15,17H,9-12H2,1-2H3. The number of carbonyl (C=O) groups excluding carboxylic acids is 1. The van der Waals surface area contributed by atoms with Gasteiger partial charge in [0.05, 0.1) is 11.6 Å². The molecule has 0 N–H and O–H groups in total. The number of carbonyl (C=O) groups is 1. The summed E-state index contributed by atoms with van der Waals surface area (Å²) in [7, 11) is 0. The van der Waals surface area contributed by atoms with E-state index in [1.54, 1.807) is 6.20 Å². The first kappa shape index (κ1) is 17.2. The summed E-state index contributed by atoms with van der Waals surface area (Å²) in [5.74, 6) is 1.09. The lowest BCUT2D eigenvalue weighted by Gasteiger charge is -2.38. The summed E-state index contributed by atoms with van der Waals surface area (Å²) in [6.45, 7) is 6.87. The lowest BCUT2D eigenvalue weighted by molar-refractivity contribution is 0.0576. The quantitative estimate of drug-likeness (QED) is 0.858. The number of rotatable bonds is 4. The molecule has 3 rings (SSSR count). The van der Waals surface area contributed by atoms with Crippen molar-refractivity contribution in [2.24, 2.45) is 5.92 Å². The van der Waals surface area contributed by atoms with Crippen molar-refractivity contribution in [3.05, 3.63) is 48.4 Å². The maximum Gasteiger partial charge on any atom is 0.255 e. The molecular formula is C19H23N5O. The number of aromatic nitrogens is 2. The molecule has 1 amide bonds. The number of hydrogen-bond donors (Lipinski definition) is 0. The predicted molar refractivity (Wildman–Crippen MR) is 95.3 cm³/mol. The second-order valence-corrected chi connectivity index (χ2v) is 6.64. The Balaban J connectivity index is 1.62. The Bertz CT molecular complexity index is 737. The molecule has 130 valence electrons. The molecule has 0 aromatic carbocycles. The fraction of sp³-hybridized carbons (Fsp3) is 0.421. The highest BCUT2D eigenvalue weighted by Gasteiger charge is 2.28. The summed E-state index contributed by atoms with van der Waals surface area (Å²) in [5, 5.41) is 9.32. The molecule has 2 aromatic rings. The third-order valence-corrected chi connectivity index (χ3v) is 4.62. The van der Waals surface area contributed by atoms with Crippen LogP contribution in [0.15, 0.2) is 42.9 Å². The van der Waals surface area contributed by atoms with E-state index in [0.29, 0.717) is 18.7 Å². The number of amides is 1. The minimum atomic E-state index is -0.0835. The van der Waals surface area contributed by atoms with Crippen LogP contribution in [0.5, 0.6) is 0 Å². The van der Waals surface area contributed by atoms with Gasteiger partial charge in [-0.05, 0) is 30.2 Å². The van der Waals surface area contributed by atoms with E-state index in [1.165, 1.54) is 0 Å². The second kappa shape index (κ2) is 7.49. The lowest BCUT2D eigenvalue weighted by atomic mass is 10.0. The summed E-state index contributed by atoms with van der Waals surface area (Å²) in [5.41, 5.74) is 0.602. The van der Waals surface area contributed by atoms with Crippen LogP contribution in [0.1, 0.15) is 24.2 Å². The Hall–Kier alpha value is -2.65. The molecule has 0 spiro atoms. The second-order valence-electron chi connectivity index (χ2n) is 6.64. The Morgan fingerprint density at radius 2 is 1.84 bits per heavy atom. The Kier molecular flexibility index (Phi) is 5.15. The Morgan fingerprint density at radius 3 is 2.36 bits per heavy atom. The van der Waals surface area contributed by atoms with Crippen molar-refractivity contribution >= 4 is 5.91 Å². The average Bonchev–Trinajstić information content (AvgIpc) is 3.17. The monoisotopic (exact) mass is 337 g/mol. The maximum absolute atomic E-state index is 12.7. The molecule has 6 heteroatoms. The van der Waals surface area contributed by atoms with Crippen molar-refractivity contribution in [2.45, 2.75) is 19.9 Å². The van der Waals surface area contributed by atoms with E-state index in [4.69, 9.17) is 0 Å². The van der Waals surface area contributed by atoms with E-state index in [1.807, 2.05) is 46.1 Å². The summed E-state index contributed by atoms with van der Waals surface area (Å²) in [6, 6.07) is 9.84. The Labute approximate surface area is 148 Å². The van der Waals surface area contributed by atoms with Gasteiger partial charge in [0.2, 0.25) is 0 Å². The van der Waals surface area contributed by atoms with Crippen LogP contribution in [0.25, 0.3) is 5.82 Å². The fourth-order valence-corrected chi connectivity index (χ4v) is 3.19. The predicted octanol–water partition coefficient (Wildman–Crippen LogP) is 2.18. The zero-order valence-corrected chi connectivity index (χ0v) is 14.7. The minimum absolute atomic E-state index is 0.00395. The van der Waals surface area contributed by atoms with Crippen molar-refractivity contribution in [3.63, 3.8) is 0 Å². The van der Waals surface area contributed by atoms with Crippen molar-refractivity contribution in [1.29, 1.82) is 5.26 Å². The third-order valence-electron chi connectivity index (χ3n) is 4.62. The molecule has 25 heavy (non-hydrogen) atoms. The van der Waals surface area contributed by atoms with Crippen molar-refractivity contribution in [1.82, 2.24) is 19.4 Å². The molecular weight excluding hydrogens is 314 g/mol. The van der Waals surface area contributed by atoms with Crippen LogP contribution >= 0.6 is 0 Å². The number of nitrogens with zero attached hydrogens (tertiary/aromatic N) is 5. The van der Waals surface area contributed by atoms with E-state index in [0.717, 1.165) is 18.9 Å². The number of nitriles is 1. The SMILES string of the molecule is CC(C)C(C#N)N1CCN(C(=O)c2ccc(-n3cccc3)nc2)CC1. The topological polar surface area (TPSA) is 65.2 Å². The van der Waals surface area contributed by atoms with Gasteiger partial charge in [-0.3, -0.25) is 9.69 Å². The molecule has 0 aliphatic carbocycles. The lowest BCUT2D eigenvalue weighted by Crippen LogP contribution is -2.52. The van der Waals surface area contributed by atoms with Gasteiger partial charge in [-0.2, -0.15) is 5.26 Å². The zero-order valence-electron chi connectivity index (χ0n) is 14.7. The van der Waals surface area contributed by atoms with Gasteiger partial charge in [-0.15, -0.1) is 0 Å². The van der Waals surface area contributed by atoms with Gasteiger partial charge in [-0.25, -0.2) is 4.98 Å². The van der Waals surface area contributed by atoms with Crippen LogP contribution in [0.3, 0.4) is 0 Å². The Morgan fingerprint density at radius 1 is 1.16 bits per heavy atom. The molecule has 0 saturated carbocycles. The molecule has 2 aromatic heterocycles. The van der Waals surface area contributed by atoms with Gasteiger partial charge in [-0.1, -0.05) is 13.8 Å². The van der Waals surface area contributed by atoms with Gasteiger partial charge in [0.15, 0.2) is 0 Å². The van der Waals surface area contributed by atoms with Gasteiger partial charge >= 0.3 is 0 Å². The highest BCUT2D eigenvalue weighted by atomic mass is 16.2. The number of hydrogen-bond acceptors (Lipinski definition) is 4. The maximum atomic E-state index is 12.7. The van der Waals surface area contributed by atoms with E-state index in [2.05, 4.69) is 29.8 Å². The third kappa shape index (κ3) is 3.72. The van der Waals surface area contributed by atoms with Crippen LogP contribution in [-0.4, -0.2) is 57.5 Å². The van der Waals surface area contributed by atoms with Crippen LogP contribution < -0.4 is 0 Å². The molecule has 0 radical (unpaired) electrons. The fourth-order valence-electron chi connectivity index (χ4n) is 3.19. The summed E-state index contributed by atoms with van der Waals surface area (Å²) >= 11 is 0. The first-order valence-electron chi connectivity index (χ1n) is 8.62. The molecule has 1 atom stereocenters. The molecule has 1 unspecified atom stereocenters. The summed E-state index contributed by atoms with van der Waals surface area (Å²) in [6.07, 6.45) is 5.48. The van der Waals surface area contributed by atoms with Gasteiger partial charge in [0.25, 0.3) is 5.91 Å². The van der Waals surface area contributed by atoms with Gasteiger partial charge in [0.1, 0.15) is 11.9 Å². The molecule has 1 aliphatic heterocycles. The van der Waals surface area contributed by atoms with Crippen LogP contribution in [0.2, 0.25) is 0 Å². The van der Waals surface area contributed by atoms with E-state index >= 15 is 0 Å². The van der Waals surface area contributed by atoms with E-state index in [-0.39, 0.29) is 17.9 Å². The van der Waals surface area contributed by atoms with E-state index < -0.39 is 0 Å². The van der Waals surface area contributed by atoms with E-state index in [9.17, 15) is 10.1 Å². The molecule has 1 fully saturated rings. The number of pyridine rings is 1. The van der Waals surface area contributed by atoms with Crippen molar-refractivity contribution in [2.75, 3.05) is 26.2 Å². The van der Waals surface area contributed by atoms with Crippen molar-refractivity contribution < 1.29 is 4.79 Å². The smallest absolute Gasteiger partial charge is 0.255 e. The first-order chi connectivity index (χ1) is 12.1. The molecule has 0 bridgehead atoms. The van der Waals surface area contributed by atoms with Gasteiger partial charge < -0.3 is 9.47 Å². The molecule has 1 aliphatic rings. The first-order valence-corrected chi connectivity index (χ1v) is 8.62. The van der Waals surface area contributed by atoms with Crippen LogP contribution in [0, 0.1) is 17.2 Å². The van der Waals surface area contributed by atoms with Crippen molar-refractivity contribution in [3.8, 4) is 11.9 Å². The minimum Gasteiger partial charge on any atom is -0.336 e. The largest absolute Gasteiger partial charge is 0.336 e. The average molecular weight is 337 g/mol. The highest BCUT2D eigenvalue weighted by molar-refractivity contribution is 5.94.